The molecule has 6 nitrogen and oxygen atoms in total. The van der Waals surface area contributed by atoms with Gasteiger partial charge in [-0.05, 0) is 23.3 Å². The highest BCUT2D eigenvalue weighted by Crippen LogP contribution is 2.35. The van der Waals surface area contributed by atoms with Crippen LogP contribution in [0.25, 0.3) is 0 Å². The molecular weight excluding hydrogens is 402 g/mol. The van der Waals surface area contributed by atoms with Gasteiger partial charge in [0.05, 0.1) is 20.2 Å². The van der Waals surface area contributed by atoms with Crippen LogP contribution in [0.1, 0.15) is 29.3 Å². The maximum atomic E-state index is 11.7. The van der Waals surface area contributed by atoms with Gasteiger partial charge in [0.2, 0.25) is 0 Å². The fourth-order valence-corrected chi connectivity index (χ4v) is 3.67. The summed E-state index contributed by atoms with van der Waals surface area (Å²) >= 11 is 0. The smallest absolute Gasteiger partial charge is 0.271 e. The molecular formula is C26H28N3O3+. The Morgan fingerprint density at radius 3 is 2.00 bits per heavy atom. The molecule has 4 rings (SSSR count). The average Bonchev–Trinajstić information content (AvgIpc) is 3.32. The van der Waals surface area contributed by atoms with Crippen molar-refractivity contribution in [2.24, 2.45) is 0 Å². The predicted octanol–water partition coefficient (Wildman–Crippen LogP) is 2.84. The summed E-state index contributed by atoms with van der Waals surface area (Å²) in [6.07, 6.45) is 0.902. The molecule has 0 radical (unpaired) electrons. The molecule has 2 N–H and O–H groups in total. The largest absolute Gasteiger partial charge is 0.493 e. The maximum Gasteiger partial charge on any atom is 0.271 e. The van der Waals surface area contributed by atoms with Crippen molar-refractivity contribution >= 4 is 0 Å². The molecule has 0 aliphatic carbocycles. The number of nitrogens with one attached hydrogen (secondary N) is 1. The second kappa shape index (κ2) is 10.2. The van der Waals surface area contributed by atoms with E-state index >= 15 is 0 Å². The summed E-state index contributed by atoms with van der Waals surface area (Å²) in [5, 5.41) is 20.2. The third-order valence-electron chi connectivity index (χ3n) is 5.37. The average molecular weight is 431 g/mol. The molecule has 0 spiro atoms. The van der Waals surface area contributed by atoms with Crippen molar-refractivity contribution in [3.8, 4) is 5.75 Å². The lowest BCUT2D eigenvalue weighted by molar-refractivity contribution is -0.895. The van der Waals surface area contributed by atoms with Crippen molar-refractivity contribution in [2.75, 3.05) is 20.2 Å². The lowest BCUT2D eigenvalue weighted by Crippen LogP contribution is -3.07. The third-order valence-corrected chi connectivity index (χ3v) is 5.37. The molecule has 164 valence electrons. The monoisotopic (exact) mass is 430 g/mol. The quantitative estimate of drug-likeness (QED) is 0.379. The van der Waals surface area contributed by atoms with Gasteiger partial charge in [-0.15, -0.1) is 10.2 Å². The summed E-state index contributed by atoms with van der Waals surface area (Å²) in [7, 11) is 2.08. The molecule has 1 aromatic heterocycles. The fourth-order valence-electron chi connectivity index (χ4n) is 3.67. The zero-order chi connectivity index (χ0) is 22.2. The van der Waals surface area contributed by atoms with E-state index in [1.54, 1.807) is 0 Å². The standard InChI is InChI=1S/C26H27N3O3/c1-29(18-11-19-31-23-16-9-4-10-17-23)20-24-27-28-25(32-24)26(30,21-12-5-2-6-13-21)22-14-7-3-8-15-22/h2-10,12-17,30H,11,18-20H2,1H3/p+1. The van der Waals surface area contributed by atoms with Crippen LogP contribution in [0.2, 0.25) is 0 Å². The first-order chi connectivity index (χ1) is 15.7. The first-order valence-corrected chi connectivity index (χ1v) is 10.8. The minimum atomic E-state index is -1.51. The van der Waals surface area contributed by atoms with Crippen molar-refractivity contribution in [1.82, 2.24) is 10.2 Å². The summed E-state index contributed by atoms with van der Waals surface area (Å²) in [4.78, 5) is 1.22. The summed E-state index contributed by atoms with van der Waals surface area (Å²) in [5.41, 5.74) is -0.147. The number of aromatic nitrogens is 2. The molecule has 32 heavy (non-hydrogen) atoms. The van der Waals surface area contributed by atoms with E-state index in [1.807, 2.05) is 91.0 Å². The molecule has 0 bridgehead atoms. The minimum absolute atomic E-state index is 0.171. The van der Waals surface area contributed by atoms with Crippen molar-refractivity contribution in [1.29, 1.82) is 0 Å². The summed E-state index contributed by atoms with van der Waals surface area (Å²) in [6.45, 7) is 2.11. The number of benzene rings is 3. The van der Waals surface area contributed by atoms with E-state index in [9.17, 15) is 5.11 Å². The van der Waals surface area contributed by atoms with E-state index in [0.717, 1.165) is 18.7 Å². The van der Waals surface area contributed by atoms with Crippen molar-refractivity contribution < 1.29 is 19.2 Å². The lowest BCUT2D eigenvalue weighted by Gasteiger charge is -2.25. The Morgan fingerprint density at radius 1 is 0.844 bits per heavy atom. The number of aliphatic hydroxyl groups is 1. The van der Waals surface area contributed by atoms with E-state index in [2.05, 4.69) is 17.2 Å². The minimum Gasteiger partial charge on any atom is -0.493 e. The Hall–Kier alpha value is -3.48. The van der Waals surface area contributed by atoms with E-state index in [4.69, 9.17) is 9.15 Å². The van der Waals surface area contributed by atoms with Crippen LogP contribution >= 0.6 is 0 Å². The van der Waals surface area contributed by atoms with Crippen LogP contribution in [0.15, 0.2) is 95.4 Å². The van der Waals surface area contributed by atoms with Crippen LogP contribution in [-0.2, 0) is 12.1 Å². The Kier molecular flexibility index (Phi) is 6.94. The van der Waals surface area contributed by atoms with Crippen LogP contribution in [0.4, 0.5) is 0 Å². The number of ether oxygens (including phenoxy) is 1. The van der Waals surface area contributed by atoms with Crippen molar-refractivity contribution in [2.45, 2.75) is 18.6 Å². The summed E-state index contributed by atoms with van der Waals surface area (Å²) in [5.74, 6) is 1.55. The van der Waals surface area contributed by atoms with E-state index in [1.165, 1.54) is 4.90 Å². The van der Waals surface area contributed by atoms with Crippen LogP contribution in [0.5, 0.6) is 5.75 Å². The molecule has 3 aromatic carbocycles. The number of hydrogen-bond acceptors (Lipinski definition) is 5. The van der Waals surface area contributed by atoms with Gasteiger partial charge in [0, 0.05) is 6.42 Å². The Morgan fingerprint density at radius 2 is 1.41 bits per heavy atom. The fraction of sp³-hybridized carbons (Fsp3) is 0.231. The van der Waals surface area contributed by atoms with Gasteiger partial charge in [0.1, 0.15) is 5.75 Å². The van der Waals surface area contributed by atoms with Crippen LogP contribution in [0, 0.1) is 0 Å². The summed E-state index contributed by atoms with van der Waals surface area (Å²) in [6, 6.07) is 28.6. The van der Waals surface area contributed by atoms with E-state index < -0.39 is 5.60 Å². The van der Waals surface area contributed by atoms with Crippen LogP contribution in [-0.4, -0.2) is 35.5 Å². The van der Waals surface area contributed by atoms with Crippen molar-refractivity contribution in [3.63, 3.8) is 0 Å². The highest BCUT2D eigenvalue weighted by molar-refractivity contribution is 5.41. The number of hydrogen-bond donors (Lipinski definition) is 2. The van der Waals surface area contributed by atoms with Gasteiger partial charge < -0.3 is 19.2 Å². The zero-order valence-electron chi connectivity index (χ0n) is 18.1. The van der Waals surface area contributed by atoms with E-state index in [0.29, 0.717) is 30.2 Å². The van der Waals surface area contributed by atoms with Gasteiger partial charge in [-0.25, -0.2) is 0 Å². The highest BCUT2D eigenvalue weighted by Gasteiger charge is 2.39. The first kappa shape index (κ1) is 21.7. The molecule has 1 unspecified atom stereocenters. The third kappa shape index (κ3) is 5.04. The maximum absolute atomic E-state index is 11.7. The second-order valence-corrected chi connectivity index (χ2v) is 7.84. The number of quaternary nitrogens is 1. The van der Waals surface area contributed by atoms with Gasteiger partial charge in [-0.3, -0.25) is 0 Å². The molecule has 0 aliphatic heterocycles. The van der Waals surface area contributed by atoms with Gasteiger partial charge >= 0.3 is 0 Å². The topological polar surface area (TPSA) is 72.8 Å². The number of rotatable bonds is 10. The second-order valence-electron chi connectivity index (χ2n) is 7.84. The van der Waals surface area contributed by atoms with Crippen LogP contribution < -0.4 is 9.64 Å². The predicted molar refractivity (Wildman–Crippen MR) is 121 cm³/mol. The molecule has 4 aromatic rings. The Balaban J connectivity index is 1.42. The SMILES string of the molecule is C[NH+](CCCOc1ccccc1)Cc1nnc(C(O)(c2ccccc2)c2ccccc2)o1. The van der Waals surface area contributed by atoms with Gasteiger partial charge in [0.25, 0.3) is 11.8 Å². The molecule has 0 aliphatic rings. The number of nitrogens with zero attached hydrogens (tertiary/aromatic N) is 2. The Bertz CT molecular complexity index is 1050. The first-order valence-electron chi connectivity index (χ1n) is 10.8. The molecule has 0 saturated carbocycles. The summed E-state index contributed by atoms with van der Waals surface area (Å²) < 4.78 is 11.7. The lowest BCUT2D eigenvalue weighted by atomic mass is 9.86. The molecule has 6 heteroatoms. The molecule has 0 fully saturated rings. The molecule has 0 saturated heterocycles. The van der Waals surface area contributed by atoms with Gasteiger partial charge in [0.15, 0.2) is 12.1 Å². The number of para-hydroxylation sites is 1. The van der Waals surface area contributed by atoms with Gasteiger partial charge in [-0.1, -0.05) is 78.9 Å². The van der Waals surface area contributed by atoms with E-state index in [-0.39, 0.29) is 5.89 Å². The molecule has 1 atom stereocenters. The van der Waals surface area contributed by atoms with Crippen molar-refractivity contribution in [3.05, 3.63) is 114 Å². The molecule has 1 heterocycles. The highest BCUT2D eigenvalue weighted by atomic mass is 16.5. The Labute approximate surface area is 188 Å². The molecule has 0 amide bonds. The van der Waals surface area contributed by atoms with Crippen LogP contribution in [0.3, 0.4) is 0 Å². The zero-order valence-corrected chi connectivity index (χ0v) is 18.1. The van der Waals surface area contributed by atoms with Gasteiger partial charge in [-0.2, -0.15) is 0 Å². The normalized spacial score (nSPS) is 12.4.